The van der Waals surface area contributed by atoms with Crippen LogP contribution in [0.15, 0.2) is 0 Å². The van der Waals surface area contributed by atoms with Gasteiger partial charge in [0.2, 0.25) is 0 Å². The third-order valence-electron chi connectivity index (χ3n) is 2.02. The molecule has 0 spiro atoms. The molecule has 0 aliphatic carbocycles. The number of aliphatic hydroxyl groups excluding tert-OH is 1. The van der Waals surface area contributed by atoms with E-state index in [1.165, 1.54) is 7.05 Å². The van der Waals surface area contributed by atoms with Gasteiger partial charge in [0.15, 0.2) is 0 Å². The molecule has 1 aliphatic heterocycles. The molecule has 0 aromatic carbocycles. The first-order valence-electron chi connectivity index (χ1n) is 3.93. The summed E-state index contributed by atoms with van der Waals surface area (Å²) in [5, 5.41) is 9.22. The second-order valence-corrected chi connectivity index (χ2v) is 3.20. The molecule has 0 saturated carbocycles. The van der Waals surface area contributed by atoms with Crippen molar-refractivity contribution in [2.75, 3.05) is 26.8 Å². The summed E-state index contributed by atoms with van der Waals surface area (Å²) in [7, 11) is 1.33. The standard InChI is InChI=1S/C7H12F3NO2/c1-11(4-7(8,9)10)5-2-13-3-6(5)12/h5-6,12H,2-4H2,1H3. The smallest absolute Gasteiger partial charge is 0.389 e. The van der Waals surface area contributed by atoms with Gasteiger partial charge < -0.3 is 9.84 Å². The van der Waals surface area contributed by atoms with Crippen molar-refractivity contribution in [3.63, 3.8) is 0 Å². The molecule has 1 rings (SSSR count). The van der Waals surface area contributed by atoms with E-state index in [-0.39, 0.29) is 13.2 Å². The Kier molecular flexibility index (Phi) is 3.15. The lowest BCUT2D eigenvalue weighted by molar-refractivity contribution is -0.149. The quantitative estimate of drug-likeness (QED) is 0.691. The molecule has 1 aliphatic rings. The molecule has 3 nitrogen and oxygen atoms in total. The molecule has 1 heterocycles. The van der Waals surface area contributed by atoms with Gasteiger partial charge in [-0.2, -0.15) is 13.2 Å². The molecule has 0 radical (unpaired) electrons. The van der Waals surface area contributed by atoms with Crippen LogP contribution in [-0.2, 0) is 4.74 Å². The predicted octanol–water partition coefficient (Wildman–Crippen LogP) is 0.240. The van der Waals surface area contributed by atoms with Crippen LogP contribution >= 0.6 is 0 Å². The van der Waals surface area contributed by atoms with Crippen molar-refractivity contribution in [1.82, 2.24) is 4.90 Å². The largest absolute Gasteiger partial charge is 0.401 e. The van der Waals surface area contributed by atoms with E-state index in [0.717, 1.165) is 4.90 Å². The summed E-state index contributed by atoms with van der Waals surface area (Å²) in [6, 6.07) is -0.540. The zero-order chi connectivity index (χ0) is 10.1. The predicted molar refractivity (Wildman–Crippen MR) is 39.3 cm³/mol. The van der Waals surface area contributed by atoms with Crippen LogP contribution in [0.25, 0.3) is 0 Å². The number of ether oxygens (including phenoxy) is 1. The van der Waals surface area contributed by atoms with E-state index >= 15 is 0 Å². The molecule has 0 aromatic heterocycles. The van der Waals surface area contributed by atoms with E-state index in [2.05, 4.69) is 0 Å². The van der Waals surface area contributed by atoms with Crippen LogP contribution < -0.4 is 0 Å². The fourth-order valence-corrected chi connectivity index (χ4v) is 1.35. The molecule has 78 valence electrons. The second-order valence-electron chi connectivity index (χ2n) is 3.20. The highest BCUT2D eigenvalue weighted by atomic mass is 19.4. The highest BCUT2D eigenvalue weighted by molar-refractivity contribution is 4.82. The molecule has 1 N–H and O–H groups in total. The summed E-state index contributed by atoms with van der Waals surface area (Å²) < 4.78 is 40.6. The van der Waals surface area contributed by atoms with Gasteiger partial charge in [0.25, 0.3) is 0 Å². The molecule has 13 heavy (non-hydrogen) atoms. The molecule has 1 saturated heterocycles. The maximum absolute atomic E-state index is 11.9. The first-order valence-corrected chi connectivity index (χ1v) is 3.93. The van der Waals surface area contributed by atoms with Crippen molar-refractivity contribution in [3.8, 4) is 0 Å². The summed E-state index contributed by atoms with van der Waals surface area (Å²) >= 11 is 0. The highest BCUT2D eigenvalue weighted by Crippen LogP contribution is 2.19. The van der Waals surface area contributed by atoms with Crippen LogP contribution in [0.2, 0.25) is 0 Å². The van der Waals surface area contributed by atoms with Crippen LogP contribution in [0.5, 0.6) is 0 Å². The Balaban J connectivity index is 2.43. The molecule has 0 bridgehead atoms. The Hall–Kier alpha value is -0.330. The lowest BCUT2D eigenvalue weighted by Gasteiger charge is -2.26. The van der Waals surface area contributed by atoms with Crippen molar-refractivity contribution in [2.24, 2.45) is 0 Å². The van der Waals surface area contributed by atoms with Crippen LogP contribution in [0.3, 0.4) is 0 Å². The minimum atomic E-state index is -4.23. The van der Waals surface area contributed by atoms with Crippen LogP contribution in [-0.4, -0.2) is 55.1 Å². The van der Waals surface area contributed by atoms with Crippen molar-refractivity contribution in [1.29, 1.82) is 0 Å². The van der Waals surface area contributed by atoms with Crippen LogP contribution in [0.4, 0.5) is 13.2 Å². The van der Waals surface area contributed by atoms with E-state index in [0.29, 0.717) is 0 Å². The van der Waals surface area contributed by atoms with Crippen molar-refractivity contribution in [3.05, 3.63) is 0 Å². The zero-order valence-corrected chi connectivity index (χ0v) is 7.21. The van der Waals surface area contributed by atoms with Gasteiger partial charge in [-0.25, -0.2) is 0 Å². The third kappa shape index (κ3) is 3.13. The topological polar surface area (TPSA) is 32.7 Å². The molecule has 2 unspecified atom stereocenters. The number of nitrogens with zero attached hydrogens (tertiary/aromatic N) is 1. The number of rotatable bonds is 2. The molecule has 2 atom stereocenters. The number of hydrogen-bond acceptors (Lipinski definition) is 3. The number of hydrogen-bond donors (Lipinski definition) is 1. The normalized spacial score (nSPS) is 30.0. The van der Waals surface area contributed by atoms with E-state index < -0.39 is 24.9 Å². The molecule has 0 amide bonds. The van der Waals surface area contributed by atoms with E-state index in [1.807, 2.05) is 0 Å². The Labute approximate surface area is 74.1 Å². The minimum Gasteiger partial charge on any atom is -0.389 e. The van der Waals surface area contributed by atoms with Gasteiger partial charge in [-0.3, -0.25) is 4.90 Å². The van der Waals surface area contributed by atoms with Crippen molar-refractivity contribution >= 4 is 0 Å². The number of likely N-dealkylation sites (N-methyl/N-ethyl adjacent to an activating group) is 1. The SMILES string of the molecule is CN(CC(F)(F)F)C1COCC1O. The van der Waals surface area contributed by atoms with Gasteiger partial charge in [-0.1, -0.05) is 0 Å². The summed E-state index contributed by atoms with van der Waals surface area (Å²) in [5.74, 6) is 0. The van der Waals surface area contributed by atoms with Crippen molar-refractivity contribution < 1.29 is 23.0 Å². The van der Waals surface area contributed by atoms with Gasteiger partial charge in [-0.15, -0.1) is 0 Å². The van der Waals surface area contributed by atoms with Gasteiger partial charge in [0, 0.05) is 0 Å². The highest BCUT2D eigenvalue weighted by Gasteiger charge is 2.36. The number of alkyl halides is 3. The van der Waals surface area contributed by atoms with E-state index in [1.54, 1.807) is 0 Å². The van der Waals surface area contributed by atoms with Gasteiger partial charge in [-0.05, 0) is 7.05 Å². The molecular formula is C7H12F3NO2. The summed E-state index contributed by atoms with van der Waals surface area (Å²) in [5.41, 5.74) is 0. The molecule has 1 fully saturated rings. The molecule has 6 heteroatoms. The Morgan fingerprint density at radius 2 is 2.08 bits per heavy atom. The number of aliphatic hydroxyl groups is 1. The summed E-state index contributed by atoms with van der Waals surface area (Å²) in [6.45, 7) is -0.737. The fraction of sp³-hybridized carbons (Fsp3) is 1.00. The Morgan fingerprint density at radius 1 is 1.46 bits per heavy atom. The lowest BCUT2D eigenvalue weighted by Crippen LogP contribution is -2.44. The number of halogens is 3. The minimum absolute atomic E-state index is 0.118. The van der Waals surface area contributed by atoms with Crippen LogP contribution in [0.1, 0.15) is 0 Å². The first-order chi connectivity index (χ1) is 5.90. The first kappa shape index (κ1) is 10.7. The van der Waals surface area contributed by atoms with Gasteiger partial charge in [0.05, 0.1) is 31.9 Å². The summed E-state index contributed by atoms with van der Waals surface area (Å²) in [6.07, 6.45) is -5.04. The monoisotopic (exact) mass is 199 g/mol. The molecular weight excluding hydrogens is 187 g/mol. The second kappa shape index (κ2) is 3.81. The van der Waals surface area contributed by atoms with Gasteiger partial charge >= 0.3 is 6.18 Å². The van der Waals surface area contributed by atoms with E-state index in [9.17, 15) is 18.3 Å². The zero-order valence-electron chi connectivity index (χ0n) is 7.21. The van der Waals surface area contributed by atoms with E-state index in [4.69, 9.17) is 4.74 Å². The molecule has 0 aromatic rings. The van der Waals surface area contributed by atoms with Crippen LogP contribution in [0, 0.1) is 0 Å². The average molecular weight is 199 g/mol. The Morgan fingerprint density at radius 3 is 2.46 bits per heavy atom. The summed E-state index contributed by atoms with van der Waals surface area (Å²) in [4.78, 5) is 1.07. The maximum atomic E-state index is 11.9. The maximum Gasteiger partial charge on any atom is 0.401 e. The average Bonchev–Trinajstić information content (AvgIpc) is 2.30. The Bertz CT molecular complexity index is 174. The lowest BCUT2D eigenvalue weighted by atomic mass is 10.2. The van der Waals surface area contributed by atoms with Gasteiger partial charge in [0.1, 0.15) is 0 Å². The third-order valence-corrected chi connectivity index (χ3v) is 2.02. The van der Waals surface area contributed by atoms with Crippen molar-refractivity contribution in [2.45, 2.75) is 18.3 Å². The fourth-order valence-electron chi connectivity index (χ4n) is 1.35.